The minimum Gasteiger partial charge on any atom is -0.198 e. The molecule has 0 fully saturated rings. The number of hydrogen-bond acceptors (Lipinski definition) is 1. The van der Waals surface area contributed by atoms with Gasteiger partial charge in [-0.15, -0.1) is 0 Å². The van der Waals surface area contributed by atoms with Gasteiger partial charge >= 0.3 is 0 Å². The SMILES string of the molecule is CC(C)(C)CCCCCCCC#N. The largest absolute Gasteiger partial charge is 0.198 e. The van der Waals surface area contributed by atoms with Gasteiger partial charge in [0.2, 0.25) is 0 Å². The highest BCUT2D eigenvalue weighted by Crippen LogP contribution is 2.22. The minimum atomic E-state index is 0.493. The van der Waals surface area contributed by atoms with Crippen LogP contribution in [0.1, 0.15) is 65.7 Å². The average molecular weight is 181 g/mol. The Labute approximate surface area is 83.1 Å². The van der Waals surface area contributed by atoms with Gasteiger partial charge in [0.25, 0.3) is 0 Å². The van der Waals surface area contributed by atoms with Gasteiger partial charge in [-0.3, -0.25) is 0 Å². The Hall–Kier alpha value is -0.510. The molecule has 0 saturated carbocycles. The first-order valence-electron chi connectivity index (χ1n) is 5.43. The Morgan fingerprint density at radius 2 is 1.46 bits per heavy atom. The van der Waals surface area contributed by atoms with E-state index < -0.39 is 0 Å². The zero-order valence-electron chi connectivity index (χ0n) is 9.40. The van der Waals surface area contributed by atoms with Crippen molar-refractivity contribution >= 4 is 0 Å². The molecule has 0 aromatic rings. The van der Waals surface area contributed by atoms with E-state index in [4.69, 9.17) is 5.26 Å². The number of nitriles is 1. The Morgan fingerprint density at radius 3 is 2.00 bits per heavy atom. The Morgan fingerprint density at radius 1 is 0.923 bits per heavy atom. The molecule has 0 saturated heterocycles. The highest BCUT2D eigenvalue weighted by molar-refractivity contribution is 4.68. The van der Waals surface area contributed by atoms with E-state index in [0.29, 0.717) is 5.41 Å². The summed E-state index contributed by atoms with van der Waals surface area (Å²) in [4.78, 5) is 0. The molecule has 1 heteroatoms. The summed E-state index contributed by atoms with van der Waals surface area (Å²) < 4.78 is 0. The van der Waals surface area contributed by atoms with Crippen molar-refractivity contribution in [2.75, 3.05) is 0 Å². The van der Waals surface area contributed by atoms with Gasteiger partial charge < -0.3 is 0 Å². The summed E-state index contributed by atoms with van der Waals surface area (Å²) in [5.74, 6) is 0. The van der Waals surface area contributed by atoms with Crippen LogP contribution >= 0.6 is 0 Å². The van der Waals surface area contributed by atoms with Gasteiger partial charge in [-0.25, -0.2) is 0 Å². The normalized spacial score (nSPS) is 11.2. The van der Waals surface area contributed by atoms with E-state index in [9.17, 15) is 0 Å². The minimum absolute atomic E-state index is 0.493. The molecule has 0 aromatic heterocycles. The van der Waals surface area contributed by atoms with Crippen molar-refractivity contribution in [2.24, 2.45) is 5.41 Å². The third-order valence-electron chi connectivity index (χ3n) is 2.22. The monoisotopic (exact) mass is 181 g/mol. The van der Waals surface area contributed by atoms with Crippen LogP contribution in [0.15, 0.2) is 0 Å². The highest BCUT2D eigenvalue weighted by atomic mass is 14.2. The van der Waals surface area contributed by atoms with Gasteiger partial charge in [-0.1, -0.05) is 46.5 Å². The summed E-state index contributed by atoms with van der Waals surface area (Å²) in [5.41, 5.74) is 0.493. The van der Waals surface area contributed by atoms with Crippen molar-refractivity contribution in [3.8, 4) is 6.07 Å². The van der Waals surface area contributed by atoms with E-state index in [0.717, 1.165) is 12.8 Å². The predicted octanol–water partition coefficient (Wildman–Crippen LogP) is 4.29. The van der Waals surface area contributed by atoms with Crippen LogP contribution in [-0.2, 0) is 0 Å². The fraction of sp³-hybridized carbons (Fsp3) is 0.917. The number of nitrogens with zero attached hydrogens (tertiary/aromatic N) is 1. The van der Waals surface area contributed by atoms with Crippen LogP contribution in [-0.4, -0.2) is 0 Å². The smallest absolute Gasteiger partial charge is 0.0621 e. The lowest BCUT2D eigenvalue weighted by atomic mass is 9.89. The second-order valence-electron chi connectivity index (χ2n) is 4.99. The van der Waals surface area contributed by atoms with Gasteiger partial charge in [0.15, 0.2) is 0 Å². The van der Waals surface area contributed by atoms with Gasteiger partial charge in [0.05, 0.1) is 6.07 Å². The molecule has 76 valence electrons. The molecule has 0 radical (unpaired) electrons. The summed E-state index contributed by atoms with van der Waals surface area (Å²) in [7, 11) is 0. The number of hydrogen-bond donors (Lipinski definition) is 0. The molecule has 0 unspecified atom stereocenters. The zero-order chi connectivity index (χ0) is 10.2. The van der Waals surface area contributed by atoms with Gasteiger partial charge in [0.1, 0.15) is 0 Å². The molecule has 0 bridgehead atoms. The third-order valence-corrected chi connectivity index (χ3v) is 2.22. The van der Waals surface area contributed by atoms with E-state index in [1.807, 2.05) is 0 Å². The molecule has 0 atom stereocenters. The van der Waals surface area contributed by atoms with E-state index in [2.05, 4.69) is 26.8 Å². The van der Waals surface area contributed by atoms with Crippen LogP contribution < -0.4 is 0 Å². The third kappa shape index (κ3) is 11.5. The summed E-state index contributed by atoms with van der Waals surface area (Å²) in [6, 6.07) is 2.18. The molecule has 1 nitrogen and oxygen atoms in total. The molecule has 0 heterocycles. The number of unbranched alkanes of at least 4 members (excludes halogenated alkanes) is 5. The van der Waals surface area contributed by atoms with Crippen molar-refractivity contribution in [1.29, 1.82) is 5.26 Å². The van der Waals surface area contributed by atoms with Crippen LogP contribution in [0.25, 0.3) is 0 Å². The van der Waals surface area contributed by atoms with E-state index in [-0.39, 0.29) is 0 Å². The Bertz CT molecular complexity index is 147. The lowest BCUT2D eigenvalue weighted by Crippen LogP contribution is -2.03. The first-order chi connectivity index (χ1) is 6.06. The zero-order valence-corrected chi connectivity index (χ0v) is 9.40. The first kappa shape index (κ1) is 12.5. The fourth-order valence-corrected chi connectivity index (χ4v) is 1.39. The van der Waals surface area contributed by atoms with Crippen molar-refractivity contribution in [3.05, 3.63) is 0 Å². The maximum Gasteiger partial charge on any atom is 0.0621 e. The standard InChI is InChI=1S/C12H23N/c1-12(2,3)10-8-6-4-5-7-9-11-13/h4-10H2,1-3H3. The van der Waals surface area contributed by atoms with Gasteiger partial charge in [-0.05, 0) is 18.3 Å². The highest BCUT2D eigenvalue weighted by Gasteiger charge is 2.08. The van der Waals surface area contributed by atoms with Crippen molar-refractivity contribution in [3.63, 3.8) is 0 Å². The summed E-state index contributed by atoms with van der Waals surface area (Å²) in [6.07, 6.45) is 8.37. The van der Waals surface area contributed by atoms with Crippen LogP contribution in [0, 0.1) is 16.7 Å². The molecular formula is C12H23N. The van der Waals surface area contributed by atoms with Crippen molar-refractivity contribution < 1.29 is 0 Å². The molecule has 0 N–H and O–H groups in total. The van der Waals surface area contributed by atoms with E-state index >= 15 is 0 Å². The van der Waals surface area contributed by atoms with Crippen LogP contribution in [0.3, 0.4) is 0 Å². The second kappa shape index (κ2) is 6.95. The molecule has 0 aromatic carbocycles. The molecule has 13 heavy (non-hydrogen) atoms. The fourth-order valence-electron chi connectivity index (χ4n) is 1.39. The molecule has 0 spiro atoms. The van der Waals surface area contributed by atoms with Crippen LogP contribution in [0.5, 0.6) is 0 Å². The van der Waals surface area contributed by atoms with E-state index in [1.165, 1.54) is 32.1 Å². The maximum absolute atomic E-state index is 8.33. The quantitative estimate of drug-likeness (QED) is 0.561. The van der Waals surface area contributed by atoms with E-state index in [1.54, 1.807) is 0 Å². The molecule has 0 rings (SSSR count). The molecule has 0 aliphatic heterocycles. The molecule has 0 aliphatic rings. The first-order valence-corrected chi connectivity index (χ1v) is 5.43. The second-order valence-corrected chi connectivity index (χ2v) is 4.99. The topological polar surface area (TPSA) is 23.8 Å². The predicted molar refractivity (Wildman–Crippen MR) is 57.4 cm³/mol. The Balaban J connectivity index is 3.05. The average Bonchev–Trinajstić information content (AvgIpc) is 2.01. The Kier molecular flexibility index (Phi) is 6.68. The summed E-state index contributed by atoms with van der Waals surface area (Å²) in [6.45, 7) is 6.88. The summed E-state index contributed by atoms with van der Waals surface area (Å²) in [5, 5.41) is 8.33. The van der Waals surface area contributed by atoms with Crippen molar-refractivity contribution in [2.45, 2.75) is 65.7 Å². The molecule has 0 aliphatic carbocycles. The molecular weight excluding hydrogens is 158 g/mol. The summed E-state index contributed by atoms with van der Waals surface area (Å²) >= 11 is 0. The lowest BCUT2D eigenvalue weighted by molar-refractivity contribution is 0.357. The van der Waals surface area contributed by atoms with Gasteiger partial charge in [0, 0.05) is 6.42 Å². The van der Waals surface area contributed by atoms with Crippen LogP contribution in [0.4, 0.5) is 0 Å². The molecule has 0 amide bonds. The van der Waals surface area contributed by atoms with Gasteiger partial charge in [-0.2, -0.15) is 5.26 Å². The van der Waals surface area contributed by atoms with Crippen molar-refractivity contribution in [1.82, 2.24) is 0 Å². The lowest BCUT2D eigenvalue weighted by Gasteiger charge is -2.17. The van der Waals surface area contributed by atoms with Crippen LogP contribution in [0.2, 0.25) is 0 Å². The number of rotatable bonds is 6. The maximum atomic E-state index is 8.33.